The maximum Gasteiger partial charge on any atom is 0.282 e. The Labute approximate surface area is 185 Å². The largest absolute Gasteiger partial charge is 0.496 e. The molecule has 0 radical (unpaired) electrons. The molecule has 0 saturated heterocycles. The fraction of sp³-hybridized carbons (Fsp3) is 0.120. The van der Waals surface area contributed by atoms with E-state index in [1.165, 1.54) is 12.0 Å². The topological polar surface area (TPSA) is 58.6 Å². The fourth-order valence-electron chi connectivity index (χ4n) is 3.68. The van der Waals surface area contributed by atoms with Crippen molar-refractivity contribution in [2.75, 3.05) is 17.3 Å². The molecule has 31 heavy (non-hydrogen) atoms. The predicted molar refractivity (Wildman–Crippen MR) is 123 cm³/mol. The fourth-order valence-corrected chi connectivity index (χ4v) is 3.91. The Kier molecular flexibility index (Phi) is 5.53. The number of ether oxygens (including phenoxy) is 1. The summed E-state index contributed by atoms with van der Waals surface area (Å²) in [5, 5.41) is 3.74. The molecule has 0 unspecified atom stereocenters. The lowest BCUT2D eigenvalue weighted by atomic mass is 10.0. The Bertz CT molecular complexity index is 1230. The van der Waals surface area contributed by atoms with Gasteiger partial charge in [-0.15, -0.1) is 0 Å². The standard InChI is InChI=1S/C25H21ClN2O3/c1-15-8-4-6-10-19(15)27-23-22(18-9-5-7-11-21(18)31-3)24(29)28(25(23)30)20-13-12-17(26)14-16(20)2/h4-14,27H,1-3H3. The van der Waals surface area contributed by atoms with E-state index in [9.17, 15) is 9.59 Å². The number of nitrogens with zero attached hydrogens (tertiary/aromatic N) is 1. The van der Waals surface area contributed by atoms with Gasteiger partial charge in [-0.3, -0.25) is 9.59 Å². The van der Waals surface area contributed by atoms with Gasteiger partial charge in [-0.1, -0.05) is 48.0 Å². The number of benzene rings is 3. The van der Waals surface area contributed by atoms with Gasteiger partial charge in [-0.25, -0.2) is 4.90 Å². The van der Waals surface area contributed by atoms with Crippen LogP contribution in [0.5, 0.6) is 5.75 Å². The zero-order valence-electron chi connectivity index (χ0n) is 17.4. The summed E-state index contributed by atoms with van der Waals surface area (Å²) in [6.45, 7) is 3.76. The molecule has 0 atom stereocenters. The van der Waals surface area contributed by atoms with E-state index in [0.29, 0.717) is 22.0 Å². The van der Waals surface area contributed by atoms with Gasteiger partial charge >= 0.3 is 0 Å². The molecule has 1 aliphatic rings. The van der Waals surface area contributed by atoms with Crippen LogP contribution in [0.25, 0.3) is 5.57 Å². The molecule has 0 spiro atoms. The number of nitrogens with one attached hydrogen (secondary N) is 1. The third-order valence-corrected chi connectivity index (χ3v) is 5.50. The van der Waals surface area contributed by atoms with Crippen molar-refractivity contribution in [2.45, 2.75) is 13.8 Å². The Morgan fingerprint density at radius 2 is 1.58 bits per heavy atom. The lowest BCUT2D eigenvalue weighted by Crippen LogP contribution is -2.33. The number of amides is 2. The Morgan fingerprint density at radius 1 is 0.871 bits per heavy atom. The maximum atomic E-state index is 13.6. The zero-order chi connectivity index (χ0) is 22.1. The highest BCUT2D eigenvalue weighted by Crippen LogP contribution is 2.38. The molecule has 3 aromatic rings. The minimum absolute atomic E-state index is 0.207. The van der Waals surface area contributed by atoms with Crippen LogP contribution in [0, 0.1) is 13.8 Å². The van der Waals surface area contributed by atoms with Crippen molar-refractivity contribution in [3.63, 3.8) is 0 Å². The third-order valence-electron chi connectivity index (χ3n) is 5.26. The molecule has 6 heteroatoms. The molecule has 0 fully saturated rings. The molecule has 1 heterocycles. The molecular formula is C25H21ClN2O3. The average Bonchev–Trinajstić information content (AvgIpc) is 2.99. The summed E-state index contributed by atoms with van der Waals surface area (Å²) in [6, 6.07) is 19.9. The summed E-state index contributed by atoms with van der Waals surface area (Å²) < 4.78 is 5.48. The van der Waals surface area contributed by atoms with Crippen LogP contribution in [0.15, 0.2) is 72.4 Å². The van der Waals surface area contributed by atoms with E-state index in [0.717, 1.165) is 16.8 Å². The number of aryl methyl sites for hydroxylation is 2. The number of imide groups is 1. The zero-order valence-corrected chi connectivity index (χ0v) is 18.2. The molecule has 0 aliphatic carbocycles. The first-order chi connectivity index (χ1) is 14.9. The van der Waals surface area contributed by atoms with Crippen molar-refractivity contribution in [2.24, 2.45) is 0 Å². The van der Waals surface area contributed by atoms with Crippen molar-refractivity contribution < 1.29 is 14.3 Å². The minimum atomic E-state index is -0.431. The van der Waals surface area contributed by atoms with Crippen LogP contribution in [0.2, 0.25) is 5.02 Å². The number of methoxy groups -OCH3 is 1. The monoisotopic (exact) mass is 432 g/mol. The average molecular weight is 433 g/mol. The summed E-state index contributed by atoms with van der Waals surface area (Å²) in [4.78, 5) is 28.4. The number of carbonyl (C=O) groups is 2. The first-order valence-corrected chi connectivity index (χ1v) is 10.2. The van der Waals surface area contributed by atoms with E-state index >= 15 is 0 Å². The second kappa shape index (κ2) is 8.28. The number of hydrogen-bond acceptors (Lipinski definition) is 4. The van der Waals surface area contributed by atoms with E-state index < -0.39 is 11.8 Å². The van der Waals surface area contributed by atoms with E-state index in [1.54, 1.807) is 30.3 Å². The van der Waals surface area contributed by atoms with E-state index in [4.69, 9.17) is 16.3 Å². The van der Waals surface area contributed by atoms with Gasteiger partial charge in [-0.2, -0.15) is 0 Å². The molecular weight excluding hydrogens is 412 g/mol. The summed E-state index contributed by atoms with van der Waals surface area (Å²) in [5.74, 6) is -0.340. The van der Waals surface area contributed by atoms with Gasteiger partial charge in [0, 0.05) is 16.3 Å². The van der Waals surface area contributed by atoms with Crippen LogP contribution in [-0.4, -0.2) is 18.9 Å². The first kappa shape index (κ1) is 20.7. The van der Waals surface area contributed by atoms with Crippen LogP contribution < -0.4 is 15.0 Å². The molecule has 1 N–H and O–H groups in total. The second-order valence-corrected chi connectivity index (χ2v) is 7.70. The van der Waals surface area contributed by atoms with Crippen LogP contribution in [0.3, 0.4) is 0 Å². The van der Waals surface area contributed by atoms with Crippen molar-refractivity contribution >= 4 is 40.4 Å². The van der Waals surface area contributed by atoms with Gasteiger partial charge in [0.05, 0.1) is 18.4 Å². The number of anilines is 2. The SMILES string of the molecule is COc1ccccc1C1=C(Nc2ccccc2C)C(=O)N(c2ccc(Cl)cc2C)C1=O. The number of rotatable bonds is 5. The summed E-state index contributed by atoms with van der Waals surface area (Å²) in [5.41, 5.74) is 3.95. The molecule has 0 saturated carbocycles. The molecule has 0 bridgehead atoms. The van der Waals surface area contributed by atoms with E-state index in [-0.39, 0.29) is 11.3 Å². The second-order valence-electron chi connectivity index (χ2n) is 7.27. The van der Waals surface area contributed by atoms with Crippen molar-refractivity contribution in [3.05, 3.63) is 94.1 Å². The van der Waals surface area contributed by atoms with Gasteiger partial charge in [0.2, 0.25) is 0 Å². The number of para-hydroxylation sites is 2. The molecule has 156 valence electrons. The minimum Gasteiger partial charge on any atom is -0.496 e. The molecule has 3 aromatic carbocycles. The Hall–Kier alpha value is -3.57. The van der Waals surface area contributed by atoms with Gasteiger partial charge < -0.3 is 10.1 Å². The van der Waals surface area contributed by atoms with Gasteiger partial charge in [0.25, 0.3) is 11.8 Å². The number of carbonyl (C=O) groups excluding carboxylic acids is 2. The number of halogens is 1. The lowest BCUT2D eigenvalue weighted by molar-refractivity contribution is -0.120. The van der Waals surface area contributed by atoms with Gasteiger partial charge in [0.15, 0.2) is 0 Å². The normalized spacial score (nSPS) is 13.7. The highest BCUT2D eigenvalue weighted by atomic mass is 35.5. The lowest BCUT2D eigenvalue weighted by Gasteiger charge is -2.18. The first-order valence-electron chi connectivity index (χ1n) is 9.77. The highest BCUT2D eigenvalue weighted by molar-refractivity contribution is 6.46. The van der Waals surface area contributed by atoms with Crippen molar-refractivity contribution in [1.82, 2.24) is 0 Å². The summed E-state index contributed by atoms with van der Waals surface area (Å²) in [6.07, 6.45) is 0. The number of hydrogen-bond donors (Lipinski definition) is 1. The molecule has 5 nitrogen and oxygen atoms in total. The molecule has 4 rings (SSSR count). The van der Waals surface area contributed by atoms with Crippen LogP contribution in [-0.2, 0) is 9.59 Å². The van der Waals surface area contributed by atoms with Gasteiger partial charge in [-0.05, 0) is 55.3 Å². The van der Waals surface area contributed by atoms with Crippen molar-refractivity contribution in [1.29, 1.82) is 0 Å². The predicted octanol–water partition coefficient (Wildman–Crippen LogP) is 5.36. The summed E-state index contributed by atoms with van der Waals surface area (Å²) >= 11 is 6.09. The smallest absolute Gasteiger partial charge is 0.282 e. The third kappa shape index (κ3) is 3.68. The molecule has 2 amide bonds. The van der Waals surface area contributed by atoms with E-state index in [2.05, 4.69) is 5.32 Å². The van der Waals surface area contributed by atoms with Gasteiger partial charge in [0.1, 0.15) is 11.4 Å². The van der Waals surface area contributed by atoms with Crippen molar-refractivity contribution in [3.8, 4) is 5.75 Å². The van der Waals surface area contributed by atoms with Crippen LogP contribution in [0.4, 0.5) is 11.4 Å². The molecule has 1 aliphatic heterocycles. The quantitative estimate of drug-likeness (QED) is 0.551. The summed E-state index contributed by atoms with van der Waals surface area (Å²) in [7, 11) is 1.54. The Balaban J connectivity index is 1.90. The highest BCUT2D eigenvalue weighted by Gasteiger charge is 2.41. The molecule has 0 aromatic heterocycles. The van der Waals surface area contributed by atoms with Crippen LogP contribution in [0.1, 0.15) is 16.7 Å². The Morgan fingerprint density at radius 3 is 2.29 bits per heavy atom. The van der Waals surface area contributed by atoms with E-state index in [1.807, 2.05) is 50.2 Å². The van der Waals surface area contributed by atoms with Crippen LogP contribution >= 0.6 is 11.6 Å². The maximum absolute atomic E-state index is 13.6.